The third kappa shape index (κ3) is 4.06. The fourth-order valence-corrected chi connectivity index (χ4v) is 2.06. The third-order valence-electron chi connectivity index (χ3n) is 3.04. The second-order valence-electron chi connectivity index (χ2n) is 4.61. The molecule has 2 aromatic rings. The molecule has 0 saturated heterocycles. The molecule has 2 amide bonds. The standard InChI is InChI=1S/C14H9ClN4O6/c15-10-6-5-8(7-12(10)19(24)25)13(20)16-17-14(21)9-3-1-2-4-11(9)18(22)23/h1-7H,(H,16,20)(H,17,21). The van der Waals surface area contributed by atoms with Crippen LogP contribution in [0.4, 0.5) is 11.4 Å². The number of hydrogen-bond donors (Lipinski definition) is 2. The largest absolute Gasteiger partial charge is 0.288 e. The summed E-state index contributed by atoms with van der Waals surface area (Å²) < 4.78 is 0. The monoisotopic (exact) mass is 364 g/mol. The van der Waals surface area contributed by atoms with Crippen LogP contribution in [0.5, 0.6) is 0 Å². The van der Waals surface area contributed by atoms with Crippen LogP contribution in [-0.2, 0) is 0 Å². The first kappa shape index (κ1) is 17.8. The molecule has 10 nitrogen and oxygen atoms in total. The highest BCUT2D eigenvalue weighted by Crippen LogP contribution is 2.25. The number of carbonyl (C=O) groups is 2. The van der Waals surface area contributed by atoms with Crippen molar-refractivity contribution in [3.63, 3.8) is 0 Å². The highest BCUT2D eigenvalue weighted by molar-refractivity contribution is 6.32. The number of carbonyl (C=O) groups excluding carboxylic acids is 2. The lowest BCUT2D eigenvalue weighted by Crippen LogP contribution is -2.41. The van der Waals surface area contributed by atoms with Gasteiger partial charge in [-0.15, -0.1) is 0 Å². The van der Waals surface area contributed by atoms with E-state index in [0.717, 1.165) is 12.1 Å². The molecular formula is C14H9ClN4O6. The van der Waals surface area contributed by atoms with Gasteiger partial charge in [-0.2, -0.15) is 0 Å². The topological polar surface area (TPSA) is 144 Å². The van der Waals surface area contributed by atoms with Gasteiger partial charge in [-0.1, -0.05) is 23.7 Å². The van der Waals surface area contributed by atoms with Crippen LogP contribution < -0.4 is 10.9 Å². The molecule has 2 rings (SSSR count). The first-order valence-electron chi connectivity index (χ1n) is 6.59. The number of hydrazine groups is 1. The lowest BCUT2D eigenvalue weighted by Gasteiger charge is -2.08. The number of nitrogens with one attached hydrogen (secondary N) is 2. The van der Waals surface area contributed by atoms with Gasteiger partial charge >= 0.3 is 0 Å². The van der Waals surface area contributed by atoms with Crippen molar-refractivity contribution in [3.8, 4) is 0 Å². The molecule has 0 bridgehead atoms. The zero-order chi connectivity index (χ0) is 18.6. The van der Waals surface area contributed by atoms with Crippen LogP contribution in [-0.4, -0.2) is 21.7 Å². The molecule has 25 heavy (non-hydrogen) atoms. The van der Waals surface area contributed by atoms with Crippen molar-refractivity contribution in [3.05, 3.63) is 78.8 Å². The van der Waals surface area contributed by atoms with Crippen LogP contribution in [0.3, 0.4) is 0 Å². The normalized spacial score (nSPS) is 9.96. The Hall–Kier alpha value is -3.53. The number of rotatable bonds is 4. The van der Waals surface area contributed by atoms with Crippen LogP contribution in [0.25, 0.3) is 0 Å². The quantitative estimate of drug-likeness (QED) is 0.628. The average Bonchev–Trinajstić information content (AvgIpc) is 2.59. The maximum atomic E-state index is 12.0. The molecule has 0 aliphatic heterocycles. The molecule has 2 aromatic carbocycles. The summed E-state index contributed by atoms with van der Waals surface area (Å²) in [6.45, 7) is 0. The number of nitro benzene ring substituents is 2. The van der Waals surface area contributed by atoms with E-state index in [-0.39, 0.29) is 16.1 Å². The average molecular weight is 365 g/mol. The first-order chi connectivity index (χ1) is 11.8. The number of halogens is 1. The molecule has 0 atom stereocenters. The number of para-hydroxylation sites is 1. The summed E-state index contributed by atoms with van der Waals surface area (Å²) in [5, 5.41) is 21.5. The predicted molar refractivity (Wildman–Crippen MR) is 86.1 cm³/mol. The smallest absolute Gasteiger partial charge is 0.267 e. The Labute approximate surface area is 144 Å². The molecule has 0 aromatic heterocycles. The summed E-state index contributed by atoms with van der Waals surface area (Å²) in [7, 11) is 0. The van der Waals surface area contributed by atoms with Crippen LogP contribution in [0.1, 0.15) is 20.7 Å². The molecule has 11 heteroatoms. The lowest BCUT2D eigenvalue weighted by atomic mass is 10.1. The van der Waals surface area contributed by atoms with Gasteiger partial charge in [0, 0.05) is 17.7 Å². The van der Waals surface area contributed by atoms with E-state index in [1.54, 1.807) is 0 Å². The van der Waals surface area contributed by atoms with Crippen LogP contribution in [0.15, 0.2) is 42.5 Å². The molecule has 128 valence electrons. The summed E-state index contributed by atoms with van der Waals surface area (Å²) in [4.78, 5) is 44.1. The highest BCUT2D eigenvalue weighted by Gasteiger charge is 2.20. The van der Waals surface area contributed by atoms with Gasteiger partial charge in [0.25, 0.3) is 23.2 Å². The fourth-order valence-electron chi connectivity index (χ4n) is 1.87. The van der Waals surface area contributed by atoms with Crippen molar-refractivity contribution >= 4 is 34.8 Å². The zero-order valence-electron chi connectivity index (χ0n) is 12.3. The summed E-state index contributed by atoms with van der Waals surface area (Å²) in [5.74, 6) is -1.77. The minimum atomic E-state index is -0.913. The number of benzene rings is 2. The predicted octanol–water partition coefficient (Wildman–Crippen LogP) is 2.23. The van der Waals surface area contributed by atoms with Crippen LogP contribution >= 0.6 is 11.6 Å². The van der Waals surface area contributed by atoms with Crippen LogP contribution in [0.2, 0.25) is 5.02 Å². The van der Waals surface area contributed by atoms with E-state index in [4.69, 9.17) is 11.6 Å². The summed E-state index contributed by atoms with van der Waals surface area (Å²) in [6, 6.07) is 8.49. The second-order valence-corrected chi connectivity index (χ2v) is 5.01. The Morgan fingerprint density at radius 2 is 1.48 bits per heavy atom. The van der Waals surface area contributed by atoms with Crippen molar-refractivity contribution in [2.24, 2.45) is 0 Å². The SMILES string of the molecule is O=C(NNC(=O)c1ccccc1[N+](=O)[O-])c1ccc(Cl)c([N+](=O)[O-])c1. The summed E-state index contributed by atoms with van der Waals surface area (Å²) >= 11 is 5.64. The number of nitrogens with zero attached hydrogens (tertiary/aromatic N) is 2. The van der Waals surface area contributed by atoms with Gasteiger partial charge < -0.3 is 0 Å². The van der Waals surface area contributed by atoms with Crippen molar-refractivity contribution in [1.29, 1.82) is 0 Å². The fraction of sp³-hybridized carbons (Fsp3) is 0. The molecule has 2 N–H and O–H groups in total. The van der Waals surface area contributed by atoms with Gasteiger partial charge in [-0.05, 0) is 18.2 Å². The highest BCUT2D eigenvalue weighted by atomic mass is 35.5. The van der Waals surface area contributed by atoms with E-state index < -0.39 is 33.0 Å². The molecule has 0 saturated carbocycles. The third-order valence-corrected chi connectivity index (χ3v) is 3.36. The molecule has 0 fully saturated rings. The van der Waals surface area contributed by atoms with Gasteiger partial charge in [0.1, 0.15) is 10.6 Å². The minimum absolute atomic E-state index is 0.126. The van der Waals surface area contributed by atoms with Gasteiger partial charge in [0.15, 0.2) is 0 Å². The van der Waals surface area contributed by atoms with Crippen molar-refractivity contribution in [1.82, 2.24) is 10.9 Å². The van der Waals surface area contributed by atoms with Crippen LogP contribution in [0, 0.1) is 20.2 Å². The Bertz CT molecular complexity index is 885. The van der Waals surface area contributed by atoms with E-state index in [0.29, 0.717) is 0 Å². The van der Waals surface area contributed by atoms with E-state index >= 15 is 0 Å². The Kier molecular flexibility index (Phi) is 5.25. The maximum absolute atomic E-state index is 12.0. The molecule has 0 spiro atoms. The Balaban J connectivity index is 2.13. The van der Waals surface area contributed by atoms with Crippen molar-refractivity contribution in [2.45, 2.75) is 0 Å². The first-order valence-corrected chi connectivity index (χ1v) is 6.97. The molecule has 0 aliphatic carbocycles. The number of nitro groups is 2. The van der Waals surface area contributed by atoms with E-state index in [1.807, 2.05) is 10.9 Å². The van der Waals surface area contributed by atoms with Gasteiger partial charge in [-0.3, -0.25) is 40.7 Å². The van der Waals surface area contributed by atoms with Gasteiger partial charge in [-0.25, -0.2) is 0 Å². The Morgan fingerprint density at radius 3 is 2.12 bits per heavy atom. The van der Waals surface area contributed by atoms with Gasteiger partial charge in [0.05, 0.1) is 9.85 Å². The van der Waals surface area contributed by atoms with E-state index in [9.17, 15) is 29.8 Å². The molecule has 0 unspecified atom stereocenters. The maximum Gasteiger partial charge on any atom is 0.288 e. The van der Waals surface area contributed by atoms with Crippen molar-refractivity contribution in [2.75, 3.05) is 0 Å². The molecule has 0 heterocycles. The van der Waals surface area contributed by atoms with E-state index in [2.05, 4.69) is 0 Å². The second kappa shape index (κ2) is 7.36. The van der Waals surface area contributed by atoms with E-state index in [1.165, 1.54) is 30.3 Å². The number of hydrogen-bond acceptors (Lipinski definition) is 6. The number of amides is 2. The molecule has 0 radical (unpaired) electrons. The lowest BCUT2D eigenvalue weighted by molar-refractivity contribution is -0.385. The summed E-state index contributed by atoms with van der Waals surface area (Å²) in [6.07, 6.45) is 0. The molecular weight excluding hydrogens is 356 g/mol. The Morgan fingerprint density at radius 1 is 0.880 bits per heavy atom. The minimum Gasteiger partial charge on any atom is -0.267 e. The zero-order valence-corrected chi connectivity index (χ0v) is 13.0. The van der Waals surface area contributed by atoms with Crippen molar-refractivity contribution < 1.29 is 19.4 Å². The summed E-state index contributed by atoms with van der Waals surface area (Å²) in [5.41, 5.74) is 2.74. The van der Waals surface area contributed by atoms with Gasteiger partial charge in [0.2, 0.25) is 0 Å². The molecule has 0 aliphatic rings.